The van der Waals surface area contributed by atoms with E-state index in [1.807, 2.05) is 0 Å². The van der Waals surface area contributed by atoms with Gasteiger partial charge in [0.1, 0.15) is 0 Å². The van der Waals surface area contributed by atoms with E-state index in [0.29, 0.717) is 18.2 Å². The third kappa shape index (κ3) is 8.93. The molecule has 120 valence electrons. The molecule has 0 aromatic rings. The minimum atomic E-state index is 0.458. The van der Waals surface area contributed by atoms with Gasteiger partial charge in [-0.15, -0.1) is 0 Å². The van der Waals surface area contributed by atoms with E-state index in [1.165, 1.54) is 38.5 Å². The fourth-order valence-electron chi connectivity index (χ4n) is 2.84. The third-order valence-electron chi connectivity index (χ3n) is 3.89. The van der Waals surface area contributed by atoms with Gasteiger partial charge in [-0.3, -0.25) is 0 Å². The normalized spacial score (nSPS) is 23.7. The first-order valence-electron chi connectivity index (χ1n) is 8.53. The molecule has 20 heavy (non-hydrogen) atoms. The molecule has 1 rings (SSSR count). The predicted molar refractivity (Wildman–Crippen MR) is 85.2 cm³/mol. The van der Waals surface area contributed by atoms with Crippen molar-refractivity contribution in [1.82, 2.24) is 5.32 Å². The molecular weight excluding hydrogens is 250 g/mol. The number of hydrogen-bond donors (Lipinski definition) is 1. The number of nitrogens with one attached hydrogen (secondary N) is 1. The van der Waals surface area contributed by atoms with Crippen LogP contribution in [0.1, 0.15) is 66.2 Å². The van der Waals surface area contributed by atoms with Crippen molar-refractivity contribution in [1.29, 1.82) is 0 Å². The predicted octanol–water partition coefficient (Wildman–Crippen LogP) is 3.77. The fraction of sp³-hybridized carbons (Fsp3) is 1.00. The molecule has 1 aliphatic carbocycles. The summed E-state index contributed by atoms with van der Waals surface area (Å²) in [6, 6.07) is 1.29. The highest BCUT2D eigenvalue weighted by atomic mass is 16.5. The second kappa shape index (κ2) is 10.6. The van der Waals surface area contributed by atoms with Crippen molar-refractivity contribution in [3.63, 3.8) is 0 Å². The van der Waals surface area contributed by atoms with E-state index in [4.69, 9.17) is 9.47 Å². The molecule has 0 amide bonds. The summed E-state index contributed by atoms with van der Waals surface area (Å²) in [5.41, 5.74) is 0. The topological polar surface area (TPSA) is 30.5 Å². The molecule has 1 aliphatic rings. The fourth-order valence-corrected chi connectivity index (χ4v) is 2.84. The summed E-state index contributed by atoms with van der Waals surface area (Å²) in [5.74, 6) is 0.782. The van der Waals surface area contributed by atoms with Crippen molar-refractivity contribution < 1.29 is 9.47 Å². The zero-order chi connectivity index (χ0) is 14.8. The Bertz CT molecular complexity index is 223. The Morgan fingerprint density at radius 2 is 1.65 bits per heavy atom. The molecule has 0 aliphatic heterocycles. The van der Waals surface area contributed by atoms with E-state index in [1.54, 1.807) is 0 Å². The van der Waals surface area contributed by atoms with Crippen LogP contribution in [0, 0.1) is 5.92 Å². The molecule has 0 aromatic carbocycles. The Kier molecular flexibility index (Phi) is 9.49. The second-order valence-electron chi connectivity index (χ2n) is 6.81. The van der Waals surface area contributed by atoms with Crippen molar-refractivity contribution in [3.05, 3.63) is 0 Å². The molecular formula is C17H35NO2. The third-order valence-corrected chi connectivity index (χ3v) is 3.89. The zero-order valence-corrected chi connectivity index (χ0v) is 14.0. The molecule has 0 atom stereocenters. The monoisotopic (exact) mass is 285 g/mol. The first kappa shape index (κ1) is 17.9. The van der Waals surface area contributed by atoms with Crippen LogP contribution in [0.5, 0.6) is 0 Å². The van der Waals surface area contributed by atoms with E-state index in [0.717, 1.165) is 25.7 Å². The van der Waals surface area contributed by atoms with Crippen molar-refractivity contribution in [3.8, 4) is 0 Å². The molecule has 0 radical (unpaired) electrons. The lowest BCUT2D eigenvalue weighted by atomic mass is 9.92. The second-order valence-corrected chi connectivity index (χ2v) is 6.81. The van der Waals surface area contributed by atoms with E-state index < -0.39 is 0 Å². The van der Waals surface area contributed by atoms with Gasteiger partial charge in [0.15, 0.2) is 0 Å². The van der Waals surface area contributed by atoms with Crippen LogP contribution >= 0.6 is 0 Å². The summed E-state index contributed by atoms with van der Waals surface area (Å²) >= 11 is 0. The first-order chi connectivity index (χ1) is 9.58. The highest BCUT2D eigenvalue weighted by Crippen LogP contribution is 2.21. The Balaban J connectivity index is 1.91. The Morgan fingerprint density at radius 3 is 2.25 bits per heavy atom. The molecule has 3 nitrogen and oxygen atoms in total. The highest BCUT2D eigenvalue weighted by Gasteiger charge is 2.21. The molecule has 0 heterocycles. The minimum Gasteiger partial charge on any atom is -0.379 e. The molecule has 1 fully saturated rings. The van der Waals surface area contributed by atoms with Gasteiger partial charge in [-0.2, -0.15) is 0 Å². The molecule has 1 N–H and O–H groups in total. The summed E-state index contributed by atoms with van der Waals surface area (Å²) in [6.07, 6.45) is 7.77. The first-order valence-corrected chi connectivity index (χ1v) is 8.53. The molecule has 0 aromatic heterocycles. The SMILES string of the molecule is CC(C)CCCOCCOC1CCC(NC(C)C)CC1. The number of hydrogen-bond acceptors (Lipinski definition) is 3. The summed E-state index contributed by atoms with van der Waals surface area (Å²) in [4.78, 5) is 0. The molecule has 0 saturated heterocycles. The summed E-state index contributed by atoms with van der Waals surface area (Å²) < 4.78 is 11.5. The maximum atomic E-state index is 5.91. The van der Waals surface area contributed by atoms with Crippen LogP contribution < -0.4 is 5.32 Å². The van der Waals surface area contributed by atoms with Gasteiger partial charge in [-0.1, -0.05) is 27.7 Å². The smallest absolute Gasteiger partial charge is 0.0704 e. The van der Waals surface area contributed by atoms with Crippen molar-refractivity contribution in [2.75, 3.05) is 19.8 Å². The van der Waals surface area contributed by atoms with Gasteiger partial charge < -0.3 is 14.8 Å². The van der Waals surface area contributed by atoms with Crippen molar-refractivity contribution >= 4 is 0 Å². The van der Waals surface area contributed by atoms with Gasteiger partial charge in [0.2, 0.25) is 0 Å². The Hall–Kier alpha value is -0.120. The number of rotatable bonds is 10. The summed E-state index contributed by atoms with van der Waals surface area (Å²) in [5, 5.41) is 3.62. The van der Waals surface area contributed by atoms with Gasteiger partial charge >= 0.3 is 0 Å². The van der Waals surface area contributed by atoms with Crippen LogP contribution in [-0.2, 0) is 9.47 Å². The molecule has 0 spiro atoms. The Labute approximate surface area is 125 Å². The van der Waals surface area contributed by atoms with E-state index in [9.17, 15) is 0 Å². The van der Waals surface area contributed by atoms with Crippen LogP contribution in [0.4, 0.5) is 0 Å². The van der Waals surface area contributed by atoms with Gasteiger partial charge in [0.05, 0.1) is 19.3 Å². The summed E-state index contributed by atoms with van der Waals surface area (Å²) in [6.45, 7) is 11.4. The standard InChI is InChI=1S/C17H35NO2/c1-14(2)6-5-11-19-12-13-20-17-9-7-16(8-10-17)18-15(3)4/h14-18H,5-13H2,1-4H3. The minimum absolute atomic E-state index is 0.458. The van der Waals surface area contributed by atoms with Crippen LogP contribution in [0.3, 0.4) is 0 Å². The zero-order valence-electron chi connectivity index (χ0n) is 14.0. The van der Waals surface area contributed by atoms with E-state index in [2.05, 4.69) is 33.0 Å². The largest absolute Gasteiger partial charge is 0.379 e. The lowest BCUT2D eigenvalue weighted by Gasteiger charge is -2.30. The molecule has 0 unspecified atom stereocenters. The maximum Gasteiger partial charge on any atom is 0.0704 e. The van der Waals surface area contributed by atoms with E-state index >= 15 is 0 Å². The van der Waals surface area contributed by atoms with Crippen molar-refractivity contribution in [2.24, 2.45) is 5.92 Å². The van der Waals surface area contributed by atoms with Crippen molar-refractivity contribution in [2.45, 2.75) is 84.4 Å². The van der Waals surface area contributed by atoms with Crippen LogP contribution in [0.25, 0.3) is 0 Å². The van der Waals surface area contributed by atoms with Crippen LogP contribution in [0.15, 0.2) is 0 Å². The lowest BCUT2D eigenvalue weighted by molar-refractivity contribution is -0.0145. The average Bonchev–Trinajstić information content (AvgIpc) is 2.38. The molecule has 1 saturated carbocycles. The quantitative estimate of drug-likeness (QED) is 0.620. The lowest BCUT2D eigenvalue weighted by Crippen LogP contribution is -2.39. The molecule has 0 bridgehead atoms. The van der Waals surface area contributed by atoms with Gasteiger partial charge in [0.25, 0.3) is 0 Å². The Morgan fingerprint density at radius 1 is 0.950 bits per heavy atom. The van der Waals surface area contributed by atoms with Gasteiger partial charge in [0, 0.05) is 18.7 Å². The van der Waals surface area contributed by atoms with Gasteiger partial charge in [-0.05, 0) is 44.4 Å². The average molecular weight is 285 g/mol. The van der Waals surface area contributed by atoms with E-state index in [-0.39, 0.29) is 0 Å². The maximum absolute atomic E-state index is 5.91. The molecule has 3 heteroatoms. The summed E-state index contributed by atoms with van der Waals surface area (Å²) in [7, 11) is 0. The van der Waals surface area contributed by atoms with Crippen LogP contribution in [0.2, 0.25) is 0 Å². The number of ether oxygens (including phenoxy) is 2. The van der Waals surface area contributed by atoms with Crippen LogP contribution in [-0.4, -0.2) is 38.0 Å². The van der Waals surface area contributed by atoms with Gasteiger partial charge in [-0.25, -0.2) is 0 Å². The highest BCUT2D eigenvalue weighted by molar-refractivity contribution is 4.78.